The highest BCUT2D eigenvalue weighted by molar-refractivity contribution is 6.31. The molecule has 190 valence electrons. The molecule has 0 atom stereocenters. The van der Waals surface area contributed by atoms with E-state index in [-0.39, 0.29) is 5.95 Å². The number of hydrogen-bond donors (Lipinski definition) is 1. The smallest absolute Gasteiger partial charge is 0.421 e. The number of pyridine rings is 1. The lowest BCUT2D eigenvalue weighted by molar-refractivity contribution is 0.0594. The van der Waals surface area contributed by atoms with Gasteiger partial charge in [0.2, 0.25) is 5.95 Å². The van der Waals surface area contributed by atoms with Gasteiger partial charge in [-0.1, -0.05) is 17.7 Å². The summed E-state index contributed by atoms with van der Waals surface area (Å²) in [5, 5.41) is 3.11. The van der Waals surface area contributed by atoms with Gasteiger partial charge in [0.1, 0.15) is 11.2 Å². The van der Waals surface area contributed by atoms with Crippen LogP contribution in [0.5, 0.6) is 0 Å². The van der Waals surface area contributed by atoms with Crippen LogP contribution in [0.4, 0.5) is 26.9 Å². The molecule has 2 amide bonds. The minimum absolute atomic E-state index is 0.104. The summed E-state index contributed by atoms with van der Waals surface area (Å²) in [7, 11) is 0. The Kier molecular flexibility index (Phi) is 7.83. The molecule has 0 saturated carbocycles. The fraction of sp³-hybridized carbons (Fsp3) is 0.346. The second kappa shape index (κ2) is 10.5. The molecule has 0 fully saturated rings. The number of ether oxygens (including phenoxy) is 2. The molecule has 9 nitrogen and oxygen atoms in total. The summed E-state index contributed by atoms with van der Waals surface area (Å²) in [6.45, 7) is 12.5. The molecule has 0 saturated heterocycles. The summed E-state index contributed by atoms with van der Waals surface area (Å²) in [6, 6.07) is 10.2. The molecule has 10 heteroatoms. The van der Waals surface area contributed by atoms with Crippen LogP contribution in [0, 0.1) is 6.92 Å². The first-order chi connectivity index (χ1) is 16.7. The van der Waals surface area contributed by atoms with Crippen LogP contribution >= 0.6 is 11.6 Å². The summed E-state index contributed by atoms with van der Waals surface area (Å²) in [6.07, 6.45) is 1.85. The number of anilines is 3. The first-order valence-electron chi connectivity index (χ1n) is 11.3. The van der Waals surface area contributed by atoms with Gasteiger partial charge >= 0.3 is 12.2 Å². The predicted octanol–water partition coefficient (Wildman–Crippen LogP) is 6.92. The van der Waals surface area contributed by atoms with Crippen LogP contribution in [-0.2, 0) is 9.47 Å². The van der Waals surface area contributed by atoms with E-state index in [0.29, 0.717) is 33.3 Å². The summed E-state index contributed by atoms with van der Waals surface area (Å²) in [4.78, 5) is 40.0. The quantitative estimate of drug-likeness (QED) is 0.405. The maximum atomic E-state index is 13.2. The Hall–Kier alpha value is -3.72. The SMILES string of the molecule is Cc1cc(-c2cncc(NC(=O)OC(C)(C)C)c2)nc(N(C(=O)OC(C)(C)C)c2cccc(Cl)c2)n1. The fourth-order valence-corrected chi connectivity index (χ4v) is 3.28. The van der Waals surface area contributed by atoms with Crippen molar-refractivity contribution in [2.24, 2.45) is 0 Å². The van der Waals surface area contributed by atoms with Gasteiger partial charge in [-0.15, -0.1) is 0 Å². The highest BCUT2D eigenvalue weighted by Gasteiger charge is 2.28. The molecule has 0 bridgehead atoms. The predicted molar refractivity (Wildman–Crippen MR) is 140 cm³/mol. The van der Waals surface area contributed by atoms with Crippen LogP contribution in [0.25, 0.3) is 11.3 Å². The molecule has 0 unspecified atom stereocenters. The zero-order valence-corrected chi connectivity index (χ0v) is 22.2. The number of amides is 2. The Morgan fingerprint density at radius 2 is 1.64 bits per heavy atom. The van der Waals surface area contributed by atoms with E-state index < -0.39 is 23.4 Å². The molecule has 0 aliphatic heterocycles. The van der Waals surface area contributed by atoms with Gasteiger partial charge in [-0.3, -0.25) is 10.3 Å². The Bertz CT molecular complexity index is 1270. The lowest BCUT2D eigenvalue weighted by Crippen LogP contribution is -2.35. The Morgan fingerprint density at radius 1 is 0.944 bits per heavy atom. The fourth-order valence-electron chi connectivity index (χ4n) is 3.10. The third kappa shape index (κ3) is 7.64. The van der Waals surface area contributed by atoms with Gasteiger partial charge in [-0.2, -0.15) is 0 Å². The van der Waals surface area contributed by atoms with Crippen LogP contribution in [0.15, 0.2) is 48.8 Å². The van der Waals surface area contributed by atoms with E-state index in [2.05, 4.69) is 20.3 Å². The van der Waals surface area contributed by atoms with Crippen LogP contribution < -0.4 is 10.2 Å². The normalized spacial score (nSPS) is 11.6. The molecule has 0 radical (unpaired) electrons. The third-order valence-electron chi connectivity index (χ3n) is 4.36. The van der Waals surface area contributed by atoms with E-state index in [1.807, 2.05) is 0 Å². The lowest BCUT2D eigenvalue weighted by atomic mass is 10.1. The third-order valence-corrected chi connectivity index (χ3v) is 4.60. The van der Waals surface area contributed by atoms with Crippen molar-refractivity contribution in [1.29, 1.82) is 0 Å². The van der Waals surface area contributed by atoms with Gasteiger partial charge in [0.15, 0.2) is 0 Å². The molecule has 3 rings (SSSR count). The highest BCUT2D eigenvalue weighted by atomic mass is 35.5. The number of aryl methyl sites for hydroxylation is 1. The zero-order chi connectivity index (χ0) is 26.7. The van der Waals surface area contributed by atoms with Crippen molar-refractivity contribution in [3.8, 4) is 11.3 Å². The standard InChI is InChI=1S/C26H30ClN5O4/c1-16-11-21(17-12-19(15-28-14-17)30-23(33)35-25(2,3)4)31-22(29-16)32(24(34)36-26(5,6)7)20-10-8-9-18(27)13-20/h8-15H,1-7H3,(H,30,33). The monoisotopic (exact) mass is 511 g/mol. The van der Waals surface area contributed by atoms with Gasteiger partial charge in [0.05, 0.1) is 23.3 Å². The molecule has 36 heavy (non-hydrogen) atoms. The number of benzene rings is 1. The number of hydrogen-bond acceptors (Lipinski definition) is 7. The van der Waals surface area contributed by atoms with Crippen LogP contribution in [0.2, 0.25) is 5.02 Å². The van der Waals surface area contributed by atoms with Crippen molar-refractivity contribution in [2.75, 3.05) is 10.2 Å². The van der Waals surface area contributed by atoms with E-state index >= 15 is 0 Å². The van der Waals surface area contributed by atoms with Crippen molar-refractivity contribution in [3.05, 3.63) is 59.5 Å². The minimum Gasteiger partial charge on any atom is -0.444 e. The molecule has 0 aliphatic rings. The molecule has 2 aromatic heterocycles. The molecule has 3 aromatic rings. The topological polar surface area (TPSA) is 107 Å². The number of nitrogens with one attached hydrogen (secondary N) is 1. The second-order valence-electron chi connectivity index (χ2n) is 10.1. The van der Waals surface area contributed by atoms with Gasteiger partial charge in [0, 0.05) is 22.5 Å². The summed E-state index contributed by atoms with van der Waals surface area (Å²) < 4.78 is 10.9. The summed E-state index contributed by atoms with van der Waals surface area (Å²) in [5.41, 5.74) is 1.20. The summed E-state index contributed by atoms with van der Waals surface area (Å²) >= 11 is 6.20. The largest absolute Gasteiger partial charge is 0.444 e. The maximum Gasteiger partial charge on any atom is 0.421 e. The van der Waals surface area contributed by atoms with E-state index in [4.69, 9.17) is 21.1 Å². The number of halogens is 1. The Labute approximate surface area is 215 Å². The number of carbonyl (C=O) groups excluding carboxylic acids is 2. The van der Waals surface area contributed by atoms with Gasteiger partial charge in [-0.05, 0) is 78.8 Å². The highest BCUT2D eigenvalue weighted by Crippen LogP contribution is 2.30. The second-order valence-corrected chi connectivity index (χ2v) is 10.5. The van der Waals surface area contributed by atoms with Crippen molar-refractivity contribution in [1.82, 2.24) is 15.0 Å². The van der Waals surface area contributed by atoms with Crippen LogP contribution in [0.1, 0.15) is 47.2 Å². The van der Waals surface area contributed by atoms with Crippen molar-refractivity contribution >= 4 is 41.1 Å². The molecule has 2 heterocycles. The number of nitrogens with zero attached hydrogens (tertiary/aromatic N) is 4. The first-order valence-corrected chi connectivity index (χ1v) is 11.7. The molecule has 1 aromatic carbocycles. The van der Waals surface area contributed by atoms with Crippen LogP contribution in [0.3, 0.4) is 0 Å². The van der Waals surface area contributed by atoms with Gasteiger partial charge < -0.3 is 9.47 Å². The van der Waals surface area contributed by atoms with E-state index in [0.717, 1.165) is 0 Å². The van der Waals surface area contributed by atoms with Gasteiger partial charge in [0.25, 0.3) is 0 Å². The average molecular weight is 512 g/mol. The number of aromatic nitrogens is 3. The number of rotatable bonds is 4. The Morgan fingerprint density at radius 3 is 2.28 bits per heavy atom. The van der Waals surface area contributed by atoms with E-state index in [1.165, 1.54) is 11.1 Å². The zero-order valence-electron chi connectivity index (χ0n) is 21.4. The summed E-state index contributed by atoms with van der Waals surface area (Å²) in [5.74, 6) is 0.104. The molecular weight excluding hydrogens is 482 g/mol. The van der Waals surface area contributed by atoms with Crippen molar-refractivity contribution in [3.63, 3.8) is 0 Å². The first kappa shape index (κ1) is 26.9. The minimum atomic E-state index is -0.744. The maximum absolute atomic E-state index is 13.2. The Balaban J connectivity index is 2.02. The molecule has 1 N–H and O–H groups in total. The average Bonchev–Trinajstić information content (AvgIpc) is 2.71. The van der Waals surface area contributed by atoms with Crippen molar-refractivity contribution < 1.29 is 19.1 Å². The molecule has 0 aliphatic carbocycles. The molecular formula is C26H30ClN5O4. The lowest BCUT2D eigenvalue weighted by Gasteiger charge is -2.26. The van der Waals surface area contributed by atoms with Crippen molar-refractivity contribution in [2.45, 2.75) is 59.7 Å². The van der Waals surface area contributed by atoms with E-state index in [9.17, 15) is 9.59 Å². The van der Waals surface area contributed by atoms with Gasteiger partial charge in [-0.25, -0.2) is 24.5 Å². The van der Waals surface area contributed by atoms with Crippen LogP contribution in [-0.4, -0.2) is 38.3 Å². The molecule has 0 spiro atoms. The number of carbonyl (C=O) groups is 2. The van der Waals surface area contributed by atoms with E-state index in [1.54, 1.807) is 91.1 Å².